The first-order valence-corrected chi connectivity index (χ1v) is 8.37. The summed E-state index contributed by atoms with van der Waals surface area (Å²) in [7, 11) is 0. The van der Waals surface area contributed by atoms with E-state index in [0.29, 0.717) is 24.0 Å². The third-order valence-corrected chi connectivity index (χ3v) is 4.18. The lowest BCUT2D eigenvalue weighted by Gasteiger charge is -2.28. The predicted octanol–water partition coefficient (Wildman–Crippen LogP) is 2.53. The van der Waals surface area contributed by atoms with Gasteiger partial charge in [0.2, 0.25) is 0 Å². The van der Waals surface area contributed by atoms with Crippen LogP contribution in [0.2, 0.25) is 0 Å². The summed E-state index contributed by atoms with van der Waals surface area (Å²) in [5.41, 5.74) is 1.63. The second-order valence-electron chi connectivity index (χ2n) is 6.23. The normalized spacial score (nSPS) is 20.4. The monoisotopic (exact) mass is 325 g/mol. The van der Waals surface area contributed by atoms with Crippen LogP contribution in [0.25, 0.3) is 0 Å². The number of pyridine rings is 1. The van der Waals surface area contributed by atoms with Crippen LogP contribution in [0.15, 0.2) is 48.8 Å². The van der Waals surface area contributed by atoms with Gasteiger partial charge in [-0.1, -0.05) is 12.1 Å². The zero-order chi connectivity index (χ0) is 16.8. The highest BCUT2D eigenvalue weighted by Gasteiger charge is 2.20. The molecule has 0 radical (unpaired) electrons. The van der Waals surface area contributed by atoms with Crippen LogP contribution >= 0.6 is 0 Å². The molecule has 1 amide bonds. The highest BCUT2D eigenvalue weighted by atomic mass is 16.5. The molecule has 1 aromatic carbocycles. The zero-order valence-corrected chi connectivity index (χ0v) is 13.9. The number of aromatic nitrogens is 1. The fourth-order valence-electron chi connectivity index (χ4n) is 2.91. The Balaban J connectivity index is 1.58. The van der Waals surface area contributed by atoms with Gasteiger partial charge < -0.3 is 15.4 Å². The second kappa shape index (κ2) is 7.93. The number of nitrogens with one attached hydrogen (secondary N) is 2. The quantitative estimate of drug-likeness (QED) is 0.887. The molecule has 1 aliphatic rings. The number of carbonyl (C=O) groups is 1. The lowest BCUT2D eigenvalue weighted by molar-refractivity contribution is 0.0925. The lowest BCUT2D eigenvalue weighted by Crippen LogP contribution is -2.46. The minimum absolute atomic E-state index is 0.0408. The lowest BCUT2D eigenvalue weighted by atomic mass is 10.0. The van der Waals surface area contributed by atoms with Gasteiger partial charge in [0.15, 0.2) is 0 Å². The van der Waals surface area contributed by atoms with Gasteiger partial charge in [-0.2, -0.15) is 0 Å². The van der Waals surface area contributed by atoms with Crippen LogP contribution in [0.5, 0.6) is 5.75 Å². The third-order valence-electron chi connectivity index (χ3n) is 4.18. The van der Waals surface area contributed by atoms with E-state index in [9.17, 15) is 4.79 Å². The fourth-order valence-corrected chi connectivity index (χ4v) is 2.91. The maximum atomic E-state index is 12.4. The minimum Gasteiger partial charge on any atom is -0.489 e. The van der Waals surface area contributed by atoms with E-state index in [1.807, 2.05) is 30.3 Å². The average Bonchev–Trinajstić information content (AvgIpc) is 2.61. The van der Waals surface area contributed by atoms with E-state index < -0.39 is 0 Å². The van der Waals surface area contributed by atoms with Crippen LogP contribution in [0, 0.1) is 0 Å². The first kappa shape index (κ1) is 16.5. The van der Waals surface area contributed by atoms with Crippen molar-refractivity contribution in [1.29, 1.82) is 0 Å². The largest absolute Gasteiger partial charge is 0.489 e. The molecule has 1 saturated heterocycles. The summed E-state index contributed by atoms with van der Waals surface area (Å²) < 4.78 is 5.76. The number of hydrogen-bond donors (Lipinski definition) is 2. The van der Waals surface area contributed by atoms with Gasteiger partial charge in [-0.25, -0.2) is 0 Å². The maximum Gasteiger partial charge on any atom is 0.251 e. The first-order chi connectivity index (χ1) is 11.7. The van der Waals surface area contributed by atoms with Crippen LogP contribution in [0.3, 0.4) is 0 Å². The molecule has 0 spiro atoms. The number of rotatable bonds is 5. The van der Waals surface area contributed by atoms with Crippen molar-refractivity contribution < 1.29 is 9.53 Å². The Labute approximate surface area is 142 Å². The van der Waals surface area contributed by atoms with Crippen LogP contribution in [-0.2, 0) is 6.61 Å². The molecule has 0 saturated carbocycles. The summed E-state index contributed by atoms with van der Waals surface area (Å²) in [6, 6.07) is 11.8. The molecule has 0 aliphatic carbocycles. The molecule has 2 heterocycles. The topological polar surface area (TPSA) is 63.2 Å². The van der Waals surface area contributed by atoms with Crippen LogP contribution < -0.4 is 15.4 Å². The van der Waals surface area contributed by atoms with Gasteiger partial charge in [0.25, 0.3) is 5.91 Å². The van der Waals surface area contributed by atoms with Gasteiger partial charge in [-0.15, -0.1) is 0 Å². The van der Waals surface area contributed by atoms with Gasteiger partial charge in [0.1, 0.15) is 12.4 Å². The van der Waals surface area contributed by atoms with Gasteiger partial charge in [0.05, 0.1) is 0 Å². The molecule has 2 atom stereocenters. The standard InChI is InChI=1S/C19H23N3O2/c1-14-10-17(7-9-21-14)22-19(23)16-5-2-6-18(11-16)24-13-15-4-3-8-20-12-15/h2-6,8,11-12,14,17,21H,7,9-10,13H2,1H3,(H,22,23). The average molecular weight is 325 g/mol. The molecule has 1 aliphatic heterocycles. The second-order valence-corrected chi connectivity index (χ2v) is 6.23. The zero-order valence-electron chi connectivity index (χ0n) is 13.9. The van der Waals surface area contributed by atoms with Crippen molar-refractivity contribution >= 4 is 5.91 Å². The van der Waals surface area contributed by atoms with E-state index in [4.69, 9.17) is 4.74 Å². The van der Waals surface area contributed by atoms with Crippen LogP contribution in [0.4, 0.5) is 0 Å². The van der Waals surface area contributed by atoms with Crippen molar-refractivity contribution in [2.45, 2.75) is 38.5 Å². The Bertz CT molecular complexity index is 675. The van der Waals surface area contributed by atoms with Gasteiger partial charge in [-0.3, -0.25) is 9.78 Å². The number of benzene rings is 1. The van der Waals surface area contributed by atoms with Gasteiger partial charge >= 0.3 is 0 Å². The summed E-state index contributed by atoms with van der Waals surface area (Å²) >= 11 is 0. The van der Waals surface area contributed by atoms with E-state index in [2.05, 4.69) is 22.5 Å². The molecule has 0 bridgehead atoms. The molecule has 5 nitrogen and oxygen atoms in total. The molecule has 3 rings (SSSR count). The number of hydrogen-bond acceptors (Lipinski definition) is 4. The van der Waals surface area contributed by atoms with Crippen LogP contribution in [0.1, 0.15) is 35.7 Å². The molecular weight excluding hydrogens is 302 g/mol. The number of amides is 1. The van der Waals surface area contributed by atoms with Crippen LogP contribution in [-0.4, -0.2) is 29.5 Å². The van der Waals surface area contributed by atoms with E-state index in [1.165, 1.54) is 0 Å². The van der Waals surface area contributed by atoms with Crippen molar-refractivity contribution in [1.82, 2.24) is 15.6 Å². The molecule has 1 fully saturated rings. The summed E-state index contributed by atoms with van der Waals surface area (Å²) in [5.74, 6) is 0.645. The molecule has 2 aromatic rings. The Kier molecular flexibility index (Phi) is 5.43. The first-order valence-electron chi connectivity index (χ1n) is 8.37. The molecule has 2 N–H and O–H groups in total. The molecule has 1 aromatic heterocycles. The summed E-state index contributed by atoms with van der Waals surface area (Å²) in [6.07, 6.45) is 5.43. The number of nitrogens with zero attached hydrogens (tertiary/aromatic N) is 1. The smallest absolute Gasteiger partial charge is 0.251 e. The Morgan fingerprint density at radius 3 is 3.08 bits per heavy atom. The summed E-state index contributed by atoms with van der Waals surface area (Å²) in [6.45, 7) is 3.52. The SMILES string of the molecule is CC1CC(NC(=O)c2cccc(OCc3cccnc3)c2)CCN1. The highest BCUT2D eigenvalue weighted by Crippen LogP contribution is 2.16. The third kappa shape index (κ3) is 4.55. The van der Waals surface area contributed by atoms with Crippen molar-refractivity contribution in [3.05, 3.63) is 59.9 Å². The molecule has 24 heavy (non-hydrogen) atoms. The van der Waals surface area contributed by atoms with E-state index in [-0.39, 0.29) is 11.9 Å². The predicted molar refractivity (Wildman–Crippen MR) is 93.0 cm³/mol. The van der Waals surface area contributed by atoms with Gasteiger partial charge in [0, 0.05) is 35.6 Å². The van der Waals surface area contributed by atoms with Crippen molar-refractivity contribution in [2.24, 2.45) is 0 Å². The van der Waals surface area contributed by atoms with E-state index in [0.717, 1.165) is 24.9 Å². The number of ether oxygens (including phenoxy) is 1. The Hall–Kier alpha value is -2.40. The van der Waals surface area contributed by atoms with E-state index >= 15 is 0 Å². The van der Waals surface area contributed by atoms with Crippen molar-refractivity contribution in [2.75, 3.05) is 6.54 Å². The fraction of sp³-hybridized carbons (Fsp3) is 0.368. The molecule has 2 unspecified atom stereocenters. The van der Waals surface area contributed by atoms with E-state index in [1.54, 1.807) is 18.5 Å². The molecule has 5 heteroatoms. The number of piperidine rings is 1. The highest BCUT2D eigenvalue weighted by molar-refractivity contribution is 5.94. The maximum absolute atomic E-state index is 12.4. The minimum atomic E-state index is -0.0408. The van der Waals surface area contributed by atoms with Crippen molar-refractivity contribution in [3.8, 4) is 5.75 Å². The van der Waals surface area contributed by atoms with Gasteiger partial charge in [-0.05, 0) is 50.6 Å². The molecule has 126 valence electrons. The Morgan fingerprint density at radius 2 is 2.29 bits per heavy atom. The summed E-state index contributed by atoms with van der Waals surface area (Å²) in [4.78, 5) is 16.5. The Morgan fingerprint density at radius 1 is 1.38 bits per heavy atom. The summed E-state index contributed by atoms with van der Waals surface area (Å²) in [5, 5.41) is 6.51. The van der Waals surface area contributed by atoms with Crippen molar-refractivity contribution in [3.63, 3.8) is 0 Å². The molecular formula is C19H23N3O2. The number of carbonyl (C=O) groups excluding carboxylic acids is 1.